The molecule has 1 N–H and O–H groups in total. The van der Waals surface area contributed by atoms with Gasteiger partial charge in [-0.25, -0.2) is 8.42 Å². The number of rotatable bonds is 3. The van der Waals surface area contributed by atoms with Crippen molar-refractivity contribution in [3.8, 4) is 0 Å². The molecule has 2 rings (SSSR count). The van der Waals surface area contributed by atoms with E-state index in [-0.39, 0.29) is 17.5 Å². The maximum atomic E-state index is 13.0. The van der Waals surface area contributed by atoms with Gasteiger partial charge < -0.3 is 10.0 Å². The first-order chi connectivity index (χ1) is 9.77. The molecule has 1 saturated heterocycles. The molecule has 0 bridgehead atoms. The zero-order chi connectivity index (χ0) is 15.8. The Morgan fingerprint density at radius 2 is 2.05 bits per heavy atom. The minimum Gasteiger partial charge on any atom is -0.392 e. The Hall–Kier alpha value is -0.470. The number of benzene rings is 1. The number of likely N-dealkylation sites (N-methyl/N-ethyl adjacent to an activating group) is 1. The van der Waals surface area contributed by atoms with Gasteiger partial charge in [0, 0.05) is 30.1 Å². The van der Waals surface area contributed by atoms with E-state index in [2.05, 4.69) is 20.8 Å². The summed E-state index contributed by atoms with van der Waals surface area (Å²) in [5.74, 6) is 0. The molecule has 1 aromatic carbocycles. The first-order valence-electron chi connectivity index (χ1n) is 6.87. The Morgan fingerprint density at radius 3 is 2.62 bits per heavy atom. The minimum absolute atomic E-state index is 0.0651. The molecule has 1 aromatic rings. The standard InChI is InChI=1S/C14H21BrN2O3S/c1-10-8-16(3)4-5-17(10)21(19,20)14-7-12(9-18)6-13(15)11(14)2/h6-7,10,18H,4-5,8-9H2,1-3H3. The number of nitrogens with zero attached hydrogens (tertiary/aromatic N) is 2. The molecule has 0 aromatic heterocycles. The number of hydrogen-bond donors (Lipinski definition) is 1. The first-order valence-corrected chi connectivity index (χ1v) is 9.11. The molecule has 1 atom stereocenters. The highest BCUT2D eigenvalue weighted by molar-refractivity contribution is 9.10. The summed E-state index contributed by atoms with van der Waals surface area (Å²) in [6.07, 6.45) is 0. The normalized spacial score (nSPS) is 21.7. The third kappa shape index (κ3) is 3.32. The van der Waals surface area contributed by atoms with Crippen molar-refractivity contribution in [3.05, 3.63) is 27.7 Å². The molecule has 0 saturated carbocycles. The molecule has 118 valence electrons. The molecule has 1 aliphatic heterocycles. The Kier molecular flexibility index (Phi) is 5.10. The molecular formula is C14H21BrN2O3S. The van der Waals surface area contributed by atoms with E-state index in [9.17, 15) is 13.5 Å². The van der Waals surface area contributed by atoms with Gasteiger partial charge in [-0.2, -0.15) is 4.31 Å². The van der Waals surface area contributed by atoms with E-state index in [4.69, 9.17) is 0 Å². The van der Waals surface area contributed by atoms with Crippen molar-refractivity contribution >= 4 is 26.0 Å². The van der Waals surface area contributed by atoms with Crippen LogP contribution in [0.25, 0.3) is 0 Å². The Bertz CT molecular complexity index is 633. The first kappa shape index (κ1) is 16.9. The molecule has 7 heteroatoms. The van der Waals surface area contributed by atoms with Crippen LogP contribution < -0.4 is 0 Å². The predicted octanol–water partition coefficient (Wildman–Crippen LogP) is 1.57. The zero-order valence-corrected chi connectivity index (χ0v) is 14.9. The van der Waals surface area contributed by atoms with E-state index in [1.807, 2.05) is 14.0 Å². The van der Waals surface area contributed by atoms with Crippen molar-refractivity contribution in [2.45, 2.75) is 31.4 Å². The topological polar surface area (TPSA) is 60.9 Å². The summed E-state index contributed by atoms with van der Waals surface area (Å²) in [7, 11) is -1.56. The van der Waals surface area contributed by atoms with Crippen LogP contribution in [-0.2, 0) is 16.6 Å². The van der Waals surface area contributed by atoms with E-state index in [1.165, 1.54) is 0 Å². The molecular weight excluding hydrogens is 356 g/mol. The van der Waals surface area contributed by atoms with Crippen LogP contribution in [0.2, 0.25) is 0 Å². The third-order valence-electron chi connectivity index (χ3n) is 3.90. The van der Waals surface area contributed by atoms with Gasteiger partial charge >= 0.3 is 0 Å². The number of sulfonamides is 1. The number of aliphatic hydroxyl groups is 1. The second kappa shape index (κ2) is 6.34. The molecule has 1 fully saturated rings. The summed E-state index contributed by atoms with van der Waals surface area (Å²) >= 11 is 3.38. The fourth-order valence-corrected chi connectivity index (χ4v) is 5.22. The van der Waals surface area contributed by atoms with Crippen LogP contribution in [0.5, 0.6) is 0 Å². The van der Waals surface area contributed by atoms with Crippen molar-refractivity contribution in [1.82, 2.24) is 9.21 Å². The molecule has 0 amide bonds. The van der Waals surface area contributed by atoms with E-state index >= 15 is 0 Å². The molecule has 1 unspecified atom stereocenters. The summed E-state index contributed by atoms with van der Waals surface area (Å²) in [6, 6.07) is 3.26. The van der Waals surface area contributed by atoms with Crippen molar-refractivity contribution in [2.24, 2.45) is 0 Å². The molecule has 21 heavy (non-hydrogen) atoms. The molecule has 1 heterocycles. The maximum absolute atomic E-state index is 13.0. The molecule has 0 spiro atoms. The summed E-state index contributed by atoms with van der Waals surface area (Å²) in [6.45, 7) is 5.45. The number of halogens is 1. The van der Waals surface area contributed by atoms with Gasteiger partial charge in [-0.3, -0.25) is 0 Å². The Morgan fingerprint density at radius 1 is 1.38 bits per heavy atom. The minimum atomic E-state index is -3.55. The van der Waals surface area contributed by atoms with E-state index in [1.54, 1.807) is 23.4 Å². The second-order valence-corrected chi connectivity index (χ2v) is 8.30. The van der Waals surface area contributed by atoms with Gasteiger partial charge in [0.2, 0.25) is 10.0 Å². The van der Waals surface area contributed by atoms with Crippen molar-refractivity contribution in [2.75, 3.05) is 26.7 Å². The van der Waals surface area contributed by atoms with Crippen LogP contribution >= 0.6 is 15.9 Å². The summed E-state index contributed by atoms with van der Waals surface area (Å²) < 4.78 is 28.2. The smallest absolute Gasteiger partial charge is 0.243 e. The lowest BCUT2D eigenvalue weighted by Crippen LogP contribution is -2.52. The van der Waals surface area contributed by atoms with Crippen LogP contribution in [0.3, 0.4) is 0 Å². The van der Waals surface area contributed by atoms with Gasteiger partial charge in [0.05, 0.1) is 11.5 Å². The quantitative estimate of drug-likeness (QED) is 0.869. The molecule has 5 nitrogen and oxygen atoms in total. The van der Waals surface area contributed by atoms with Gasteiger partial charge in [-0.05, 0) is 44.2 Å². The highest BCUT2D eigenvalue weighted by Gasteiger charge is 2.34. The zero-order valence-electron chi connectivity index (χ0n) is 12.5. The van der Waals surface area contributed by atoms with Crippen LogP contribution in [0.15, 0.2) is 21.5 Å². The third-order valence-corrected chi connectivity index (χ3v) is 6.86. The number of piperazine rings is 1. The molecule has 0 radical (unpaired) electrons. The fraction of sp³-hybridized carbons (Fsp3) is 0.571. The van der Waals surface area contributed by atoms with E-state index in [0.717, 1.165) is 13.1 Å². The van der Waals surface area contributed by atoms with Gasteiger partial charge in [0.25, 0.3) is 0 Å². The molecule has 1 aliphatic rings. The summed E-state index contributed by atoms with van der Waals surface area (Å²) in [5, 5.41) is 9.30. The van der Waals surface area contributed by atoms with Crippen LogP contribution in [0, 0.1) is 6.92 Å². The van der Waals surface area contributed by atoms with E-state index < -0.39 is 10.0 Å². The number of hydrogen-bond acceptors (Lipinski definition) is 4. The van der Waals surface area contributed by atoms with Crippen molar-refractivity contribution in [1.29, 1.82) is 0 Å². The average Bonchev–Trinajstić information content (AvgIpc) is 2.40. The molecule has 0 aliphatic carbocycles. The predicted molar refractivity (Wildman–Crippen MR) is 85.7 cm³/mol. The van der Waals surface area contributed by atoms with Crippen molar-refractivity contribution in [3.63, 3.8) is 0 Å². The summed E-state index contributed by atoms with van der Waals surface area (Å²) in [5.41, 5.74) is 1.27. The average molecular weight is 377 g/mol. The van der Waals surface area contributed by atoms with Gasteiger partial charge in [0.15, 0.2) is 0 Å². The SMILES string of the molecule is Cc1c(Br)cc(CO)cc1S(=O)(=O)N1CCN(C)CC1C. The van der Waals surface area contributed by atoms with Crippen molar-refractivity contribution < 1.29 is 13.5 Å². The van der Waals surface area contributed by atoms with Gasteiger partial charge in [-0.15, -0.1) is 0 Å². The van der Waals surface area contributed by atoms with Crippen LogP contribution in [-0.4, -0.2) is 55.5 Å². The Labute approximate surface area is 134 Å². The highest BCUT2D eigenvalue weighted by atomic mass is 79.9. The van der Waals surface area contributed by atoms with Gasteiger partial charge in [-0.1, -0.05) is 15.9 Å². The lowest BCUT2D eigenvalue weighted by atomic mass is 10.2. The fourth-order valence-electron chi connectivity index (χ4n) is 2.67. The van der Waals surface area contributed by atoms with Gasteiger partial charge in [0.1, 0.15) is 0 Å². The lowest BCUT2D eigenvalue weighted by molar-refractivity contribution is 0.170. The monoisotopic (exact) mass is 376 g/mol. The second-order valence-electron chi connectivity index (χ2n) is 5.59. The highest BCUT2D eigenvalue weighted by Crippen LogP contribution is 2.29. The maximum Gasteiger partial charge on any atom is 0.243 e. The summed E-state index contributed by atoms with van der Waals surface area (Å²) in [4.78, 5) is 2.40. The van der Waals surface area contributed by atoms with Crippen LogP contribution in [0.4, 0.5) is 0 Å². The van der Waals surface area contributed by atoms with Crippen LogP contribution in [0.1, 0.15) is 18.1 Å². The largest absolute Gasteiger partial charge is 0.392 e. The number of aliphatic hydroxyl groups excluding tert-OH is 1. The Balaban J connectivity index is 2.47. The van der Waals surface area contributed by atoms with E-state index in [0.29, 0.717) is 22.1 Å². The lowest BCUT2D eigenvalue weighted by Gasteiger charge is -2.37.